The molecule has 3 N–H and O–H groups in total. The molecule has 7 nitrogen and oxygen atoms in total. The summed E-state index contributed by atoms with van der Waals surface area (Å²) < 4.78 is 15.7. The first-order valence-corrected chi connectivity index (χ1v) is 8.05. The Balaban J connectivity index is 2.23. The first kappa shape index (κ1) is 19.5. The molecule has 0 atom stereocenters. The Bertz CT molecular complexity index is 841. The van der Waals surface area contributed by atoms with Gasteiger partial charge >= 0.3 is 5.97 Å². The molecule has 0 amide bonds. The summed E-state index contributed by atoms with van der Waals surface area (Å²) in [6.07, 6.45) is 1.45. The van der Waals surface area contributed by atoms with Gasteiger partial charge in [0.05, 0.1) is 31.0 Å². The number of benzene rings is 2. The predicted octanol–water partition coefficient (Wildman–Crippen LogP) is 2.74. The molecule has 0 aliphatic rings. The van der Waals surface area contributed by atoms with Gasteiger partial charge in [0.2, 0.25) is 0 Å². The smallest absolute Gasteiger partial charge is 0.343 e. The summed E-state index contributed by atoms with van der Waals surface area (Å²) in [4.78, 5) is 12.3. The molecule has 136 valence electrons. The number of carbonyl (C=O) groups is 1. The summed E-state index contributed by atoms with van der Waals surface area (Å²) in [5, 5.41) is 4.05. The number of rotatable bonds is 6. The first-order valence-electron chi connectivity index (χ1n) is 7.27. The third-order valence-electron chi connectivity index (χ3n) is 3.16. The van der Waals surface area contributed by atoms with Gasteiger partial charge in [-0.3, -0.25) is 5.43 Å². The number of halogens is 1. The molecule has 2 rings (SSSR count). The van der Waals surface area contributed by atoms with Gasteiger partial charge in [-0.2, -0.15) is 5.10 Å². The number of carbonyl (C=O) groups excluding carboxylic acids is 1. The summed E-state index contributed by atoms with van der Waals surface area (Å²) in [7, 11) is 2.98. The van der Waals surface area contributed by atoms with Crippen molar-refractivity contribution in [2.75, 3.05) is 14.2 Å². The van der Waals surface area contributed by atoms with Crippen LogP contribution in [0.25, 0.3) is 0 Å². The van der Waals surface area contributed by atoms with E-state index < -0.39 is 5.97 Å². The van der Waals surface area contributed by atoms with Crippen molar-refractivity contribution in [1.29, 1.82) is 0 Å². The number of nitrogens with zero attached hydrogens (tertiary/aromatic N) is 1. The molecule has 9 heteroatoms. The van der Waals surface area contributed by atoms with Crippen LogP contribution in [0.2, 0.25) is 5.02 Å². The average molecular weight is 394 g/mol. The largest absolute Gasteiger partial charge is 0.497 e. The number of hydrogen-bond donors (Lipinski definition) is 2. The summed E-state index contributed by atoms with van der Waals surface area (Å²) in [6.45, 7) is 0. The molecule has 2 aromatic rings. The zero-order valence-electron chi connectivity index (χ0n) is 14.0. The zero-order valence-corrected chi connectivity index (χ0v) is 15.6. The highest BCUT2D eigenvalue weighted by Gasteiger charge is 2.17. The third kappa shape index (κ3) is 5.08. The van der Waals surface area contributed by atoms with Crippen molar-refractivity contribution in [1.82, 2.24) is 5.43 Å². The Morgan fingerprint density at radius 2 is 1.92 bits per heavy atom. The molecule has 0 bridgehead atoms. The van der Waals surface area contributed by atoms with E-state index in [4.69, 9.17) is 31.5 Å². The molecule has 0 fully saturated rings. The van der Waals surface area contributed by atoms with Crippen LogP contribution in [-0.2, 0) is 0 Å². The van der Waals surface area contributed by atoms with E-state index in [0.717, 1.165) is 0 Å². The van der Waals surface area contributed by atoms with Crippen molar-refractivity contribution in [2.45, 2.75) is 0 Å². The van der Waals surface area contributed by atoms with Gasteiger partial charge in [-0.1, -0.05) is 11.6 Å². The van der Waals surface area contributed by atoms with Crippen LogP contribution in [-0.4, -0.2) is 31.5 Å². The lowest BCUT2D eigenvalue weighted by Crippen LogP contribution is -2.24. The third-order valence-corrected chi connectivity index (χ3v) is 3.53. The first-order chi connectivity index (χ1) is 12.4. The maximum Gasteiger partial charge on any atom is 0.343 e. The van der Waals surface area contributed by atoms with Crippen molar-refractivity contribution in [2.24, 2.45) is 10.8 Å². The van der Waals surface area contributed by atoms with Gasteiger partial charge in [0.15, 0.2) is 16.6 Å². The van der Waals surface area contributed by atoms with Gasteiger partial charge in [-0.25, -0.2) is 4.79 Å². The van der Waals surface area contributed by atoms with Crippen LogP contribution >= 0.6 is 23.8 Å². The normalized spacial score (nSPS) is 10.4. The van der Waals surface area contributed by atoms with Gasteiger partial charge in [-0.05, 0) is 54.2 Å². The monoisotopic (exact) mass is 393 g/mol. The highest BCUT2D eigenvalue weighted by atomic mass is 35.5. The minimum atomic E-state index is -0.579. The van der Waals surface area contributed by atoms with Gasteiger partial charge in [-0.15, -0.1) is 0 Å². The van der Waals surface area contributed by atoms with E-state index in [1.165, 1.54) is 13.3 Å². The Hall–Kier alpha value is -2.84. The van der Waals surface area contributed by atoms with Crippen LogP contribution in [0.5, 0.6) is 17.2 Å². The van der Waals surface area contributed by atoms with Crippen LogP contribution in [0.15, 0.2) is 41.5 Å². The minimum absolute atomic E-state index is 0.0318. The maximum atomic E-state index is 12.3. The van der Waals surface area contributed by atoms with Gasteiger partial charge in [0.25, 0.3) is 0 Å². The summed E-state index contributed by atoms with van der Waals surface area (Å²) in [6, 6.07) is 9.65. The SMILES string of the molecule is COc1ccc(C(=O)Oc2c(Cl)cc(/C=N\NC(N)=S)cc2OC)cc1. The Kier molecular flexibility index (Phi) is 6.76. The molecule has 2 aromatic carbocycles. The average Bonchev–Trinajstić information content (AvgIpc) is 2.63. The number of hydrazone groups is 1. The van der Waals surface area contributed by atoms with Crippen LogP contribution in [0.1, 0.15) is 15.9 Å². The second kappa shape index (κ2) is 9.02. The molecule has 0 spiro atoms. The van der Waals surface area contributed by atoms with Gasteiger partial charge in [0.1, 0.15) is 5.75 Å². The van der Waals surface area contributed by atoms with Crippen LogP contribution in [0.4, 0.5) is 0 Å². The van der Waals surface area contributed by atoms with E-state index in [0.29, 0.717) is 16.9 Å². The van der Waals surface area contributed by atoms with Crippen LogP contribution in [0, 0.1) is 0 Å². The van der Waals surface area contributed by atoms with Crippen molar-refractivity contribution in [3.8, 4) is 17.2 Å². The Labute approximate surface area is 160 Å². The quantitative estimate of drug-likeness (QED) is 0.256. The molecule has 26 heavy (non-hydrogen) atoms. The van der Waals surface area contributed by atoms with E-state index in [1.54, 1.807) is 43.5 Å². The number of thiocarbonyl (C=S) groups is 1. The molecular formula is C17H16ClN3O4S. The maximum absolute atomic E-state index is 12.3. The summed E-state index contributed by atoms with van der Waals surface area (Å²) in [5.41, 5.74) is 8.65. The Morgan fingerprint density at radius 1 is 1.23 bits per heavy atom. The molecule has 0 unspecified atom stereocenters. The van der Waals surface area contributed by atoms with E-state index in [1.807, 2.05) is 0 Å². The van der Waals surface area contributed by atoms with E-state index in [9.17, 15) is 4.79 Å². The highest BCUT2D eigenvalue weighted by molar-refractivity contribution is 7.80. The van der Waals surface area contributed by atoms with Crippen molar-refractivity contribution in [3.05, 3.63) is 52.5 Å². The van der Waals surface area contributed by atoms with Gasteiger partial charge in [0, 0.05) is 0 Å². The fraction of sp³-hybridized carbons (Fsp3) is 0.118. The molecule has 0 aliphatic carbocycles. The molecule has 0 aliphatic heterocycles. The number of ether oxygens (including phenoxy) is 3. The zero-order chi connectivity index (χ0) is 19.1. The van der Waals surface area contributed by atoms with Crippen molar-refractivity contribution in [3.63, 3.8) is 0 Å². The summed E-state index contributed by atoms with van der Waals surface area (Å²) in [5.74, 6) is 0.432. The number of methoxy groups -OCH3 is 2. The predicted molar refractivity (Wildman–Crippen MR) is 103 cm³/mol. The lowest BCUT2D eigenvalue weighted by molar-refractivity contribution is 0.0730. The van der Waals surface area contributed by atoms with Crippen molar-refractivity contribution >= 4 is 41.1 Å². The van der Waals surface area contributed by atoms with Crippen molar-refractivity contribution < 1.29 is 19.0 Å². The molecule has 0 radical (unpaired) electrons. The molecule has 0 saturated heterocycles. The molecular weight excluding hydrogens is 378 g/mol. The number of nitrogens with two attached hydrogens (primary N) is 1. The summed E-state index contributed by atoms with van der Waals surface area (Å²) >= 11 is 10.9. The number of hydrogen-bond acceptors (Lipinski definition) is 6. The lowest BCUT2D eigenvalue weighted by atomic mass is 10.2. The van der Waals surface area contributed by atoms with E-state index in [2.05, 4.69) is 22.7 Å². The molecule has 0 heterocycles. The number of esters is 1. The van der Waals surface area contributed by atoms with Crippen LogP contribution in [0.3, 0.4) is 0 Å². The minimum Gasteiger partial charge on any atom is -0.497 e. The fourth-order valence-corrected chi connectivity index (χ4v) is 2.27. The van der Waals surface area contributed by atoms with E-state index in [-0.39, 0.29) is 21.6 Å². The second-order valence-electron chi connectivity index (χ2n) is 4.89. The van der Waals surface area contributed by atoms with Gasteiger partial charge < -0.3 is 19.9 Å². The van der Waals surface area contributed by atoms with Crippen LogP contribution < -0.4 is 25.4 Å². The molecule has 0 aromatic heterocycles. The number of nitrogens with one attached hydrogen (secondary N) is 1. The fourth-order valence-electron chi connectivity index (χ4n) is 1.96. The second-order valence-corrected chi connectivity index (χ2v) is 5.73. The Morgan fingerprint density at radius 3 is 2.50 bits per heavy atom. The topological polar surface area (TPSA) is 95.2 Å². The lowest BCUT2D eigenvalue weighted by Gasteiger charge is -2.12. The van der Waals surface area contributed by atoms with E-state index >= 15 is 0 Å². The molecule has 0 saturated carbocycles. The highest BCUT2D eigenvalue weighted by Crippen LogP contribution is 2.36. The standard InChI is InChI=1S/C17H16ClN3O4S/c1-23-12-5-3-11(4-6-12)16(22)25-15-13(18)7-10(8-14(15)24-2)9-20-21-17(19)26/h3-9H,1-2H3,(H3,19,21,26)/b20-9-.